The molecule has 1 heterocycles. The molecule has 10 heteroatoms. The van der Waals surface area contributed by atoms with Gasteiger partial charge in [-0.1, -0.05) is 12.1 Å². The van der Waals surface area contributed by atoms with Gasteiger partial charge in [-0.05, 0) is 31.2 Å². The Bertz CT molecular complexity index is 980. The van der Waals surface area contributed by atoms with E-state index >= 15 is 0 Å². The molecule has 2 aromatic rings. The Morgan fingerprint density at radius 2 is 2.04 bits per heavy atom. The van der Waals surface area contributed by atoms with Crippen molar-refractivity contribution in [2.75, 3.05) is 36.4 Å². The van der Waals surface area contributed by atoms with Crippen molar-refractivity contribution in [2.24, 2.45) is 0 Å². The fourth-order valence-electron chi connectivity index (χ4n) is 3.17. The molecule has 1 aliphatic rings. The lowest BCUT2D eigenvalue weighted by atomic mass is 10.2. The molecule has 3 rings (SSSR count). The maximum atomic E-state index is 12.8. The van der Waals surface area contributed by atoms with Crippen LogP contribution in [-0.2, 0) is 10.0 Å². The van der Waals surface area contributed by atoms with Crippen LogP contribution in [0.3, 0.4) is 0 Å². The SMILES string of the molecule is COc1ccccc1NS(=O)(=O)c1ccc(N2CCNC(C)C2)c([N+](=O)[O-])c1. The zero-order chi connectivity index (χ0) is 20.3. The standard InChI is InChI=1S/C18H22N4O5S/c1-13-12-21(10-9-19-13)16-8-7-14(11-17(16)22(23)24)28(25,26)20-15-5-3-4-6-18(15)27-2/h3-8,11,13,19-20H,9-10,12H2,1-2H3. The van der Waals surface area contributed by atoms with Crippen LogP contribution in [-0.4, -0.2) is 46.1 Å². The monoisotopic (exact) mass is 406 g/mol. The molecule has 2 aromatic carbocycles. The maximum absolute atomic E-state index is 12.8. The van der Waals surface area contributed by atoms with Gasteiger partial charge in [0.15, 0.2) is 0 Å². The number of benzene rings is 2. The predicted octanol–water partition coefficient (Wildman–Crippen LogP) is 2.20. The summed E-state index contributed by atoms with van der Waals surface area (Å²) in [6.07, 6.45) is 0. The molecule has 1 fully saturated rings. The van der Waals surface area contributed by atoms with Crippen LogP contribution < -0.4 is 19.7 Å². The summed E-state index contributed by atoms with van der Waals surface area (Å²) in [7, 11) is -2.59. The second-order valence-electron chi connectivity index (χ2n) is 6.51. The van der Waals surface area contributed by atoms with Crippen LogP contribution in [0.25, 0.3) is 0 Å². The van der Waals surface area contributed by atoms with E-state index in [1.807, 2.05) is 11.8 Å². The highest BCUT2D eigenvalue weighted by molar-refractivity contribution is 7.92. The molecule has 1 unspecified atom stereocenters. The van der Waals surface area contributed by atoms with Gasteiger partial charge in [-0.3, -0.25) is 14.8 Å². The Kier molecular flexibility index (Phi) is 5.71. The number of nitrogens with one attached hydrogen (secondary N) is 2. The van der Waals surface area contributed by atoms with Crippen LogP contribution in [0, 0.1) is 10.1 Å². The summed E-state index contributed by atoms with van der Waals surface area (Å²) in [5.74, 6) is 0.354. The number of para-hydroxylation sites is 2. The second-order valence-corrected chi connectivity index (χ2v) is 8.20. The van der Waals surface area contributed by atoms with Gasteiger partial charge in [0.05, 0.1) is 22.6 Å². The number of rotatable bonds is 6. The third kappa shape index (κ3) is 4.18. The van der Waals surface area contributed by atoms with Crippen LogP contribution in [0.2, 0.25) is 0 Å². The molecular formula is C18H22N4O5S. The fraction of sp³-hybridized carbons (Fsp3) is 0.333. The fourth-order valence-corrected chi connectivity index (χ4v) is 4.26. The average molecular weight is 406 g/mol. The largest absolute Gasteiger partial charge is 0.495 e. The molecule has 0 radical (unpaired) electrons. The normalized spacial score (nSPS) is 17.2. The minimum Gasteiger partial charge on any atom is -0.495 e. The second kappa shape index (κ2) is 8.03. The summed E-state index contributed by atoms with van der Waals surface area (Å²) in [5, 5.41) is 14.9. The van der Waals surface area contributed by atoms with Crippen LogP contribution in [0.4, 0.5) is 17.1 Å². The molecule has 1 atom stereocenters. The number of anilines is 2. The quantitative estimate of drug-likeness (QED) is 0.558. The molecule has 2 N–H and O–H groups in total. The van der Waals surface area contributed by atoms with Crippen LogP contribution in [0.1, 0.15) is 6.92 Å². The number of nitro groups is 1. The van der Waals surface area contributed by atoms with Crippen molar-refractivity contribution >= 4 is 27.1 Å². The van der Waals surface area contributed by atoms with Gasteiger partial charge in [0.1, 0.15) is 11.4 Å². The number of nitro benzene ring substituents is 1. The van der Waals surface area contributed by atoms with Crippen molar-refractivity contribution in [1.82, 2.24) is 5.32 Å². The molecule has 150 valence electrons. The van der Waals surface area contributed by atoms with Crippen molar-refractivity contribution in [3.8, 4) is 5.75 Å². The summed E-state index contributed by atoms with van der Waals surface area (Å²) in [6.45, 7) is 3.91. The third-order valence-electron chi connectivity index (χ3n) is 4.51. The first kappa shape index (κ1) is 19.9. The zero-order valence-corrected chi connectivity index (χ0v) is 16.4. The van der Waals surface area contributed by atoms with Crippen LogP contribution >= 0.6 is 0 Å². The average Bonchev–Trinajstić information content (AvgIpc) is 2.67. The van der Waals surface area contributed by atoms with E-state index in [1.165, 1.54) is 19.2 Å². The van der Waals surface area contributed by atoms with Gasteiger partial charge < -0.3 is 15.0 Å². The lowest BCUT2D eigenvalue weighted by Crippen LogP contribution is -2.49. The highest BCUT2D eigenvalue weighted by Crippen LogP contribution is 2.33. The number of methoxy groups -OCH3 is 1. The smallest absolute Gasteiger partial charge is 0.293 e. The van der Waals surface area contributed by atoms with E-state index in [4.69, 9.17) is 4.74 Å². The number of sulfonamides is 1. The highest BCUT2D eigenvalue weighted by atomic mass is 32.2. The number of hydrogen-bond donors (Lipinski definition) is 2. The van der Waals surface area contributed by atoms with Crippen molar-refractivity contribution in [3.05, 3.63) is 52.6 Å². The first-order valence-corrected chi connectivity index (χ1v) is 10.2. The number of hydrogen-bond acceptors (Lipinski definition) is 7. The van der Waals surface area contributed by atoms with Crippen LogP contribution in [0.5, 0.6) is 5.75 Å². The molecule has 1 saturated heterocycles. The topological polar surface area (TPSA) is 114 Å². The Morgan fingerprint density at radius 3 is 2.71 bits per heavy atom. The minimum absolute atomic E-state index is 0.183. The maximum Gasteiger partial charge on any atom is 0.293 e. The predicted molar refractivity (Wildman–Crippen MR) is 107 cm³/mol. The van der Waals surface area contributed by atoms with Crippen molar-refractivity contribution in [3.63, 3.8) is 0 Å². The molecule has 0 saturated carbocycles. The van der Waals surface area contributed by atoms with E-state index in [1.54, 1.807) is 24.3 Å². The van der Waals surface area contributed by atoms with Crippen molar-refractivity contribution < 1.29 is 18.1 Å². The molecule has 9 nitrogen and oxygen atoms in total. The Hall–Kier alpha value is -2.85. The third-order valence-corrected chi connectivity index (χ3v) is 5.88. The first-order chi connectivity index (χ1) is 13.3. The van der Waals surface area contributed by atoms with Gasteiger partial charge in [-0.25, -0.2) is 8.42 Å². The molecule has 0 amide bonds. The van der Waals surface area contributed by atoms with E-state index in [9.17, 15) is 18.5 Å². The van der Waals surface area contributed by atoms with E-state index in [-0.39, 0.29) is 22.3 Å². The van der Waals surface area contributed by atoms with Crippen LogP contribution in [0.15, 0.2) is 47.4 Å². The summed E-state index contributed by atoms with van der Waals surface area (Å²) < 4.78 is 33.1. The van der Waals surface area contributed by atoms with Gasteiger partial charge in [0, 0.05) is 31.7 Å². The number of piperazine rings is 1. The lowest BCUT2D eigenvalue weighted by Gasteiger charge is -2.33. The van der Waals surface area contributed by atoms with Gasteiger partial charge in [-0.2, -0.15) is 0 Å². The number of ether oxygens (including phenoxy) is 1. The summed E-state index contributed by atoms with van der Waals surface area (Å²) in [6, 6.07) is 10.7. The lowest BCUT2D eigenvalue weighted by molar-refractivity contribution is -0.384. The molecular weight excluding hydrogens is 384 g/mol. The van der Waals surface area contributed by atoms with Gasteiger partial charge in [0.2, 0.25) is 0 Å². The highest BCUT2D eigenvalue weighted by Gasteiger charge is 2.27. The summed E-state index contributed by atoms with van der Waals surface area (Å²) >= 11 is 0. The molecule has 0 bridgehead atoms. The molecule has 0 aliphatic carbocycles. The summed E-state index contributed by atoms with van der Waals surface area (Å²) in [4.78, 5) is 12.8. The summed E-state index contributed by atoms with van der Waals surface area (Å²) in [5.41, 5.74) is 0.430. The molecule has 0 aromatic heterocycles. The minimum atomic E-state index is -4.03. The van der Waals surface area contributed by atoms with E-state index < -0.39 is 14.9 Å². The first-order valence-electron chi connectivity index (χ1n) is 8.74. The van der Waals surface area contributed by atoms with E-state index in [0.29, 0.717) is 31.1 Å². The van der Waals surface area contributed by atoms with E-state index in [2.05, 4.69) is 10.0 Å². The van der Waals surface area contributed by atoms with Gasteiger partial charge >= 0.3 is 0 Å². The van der Waals surface area contributed by atoms with Gasteiger partial charge in [0.25, 0.3) is 15.7 Å². The Balaban J connectivity index is 1.95. The molecule has 1 aliphatic heterocycles. The Morgan fingerprint density at radius 1 is 1.29 bits per heavy atom. The molecule has 28 heavy (non-hydrogen) atoms. The zero-order valence-electron chi connectivity index (χ0n) is 15.6. The van der Waals surface area contributed by atoms with Crippen molar-refractivity contribution in [2.45, 2.75) is 17.9 Å². The Labute approximate surface area is 163 Å². The van der Waals surface area contributed by atoms with Gasteiger partial charge in [-0.15, -0.1) is 0 Å². The number of nitrogens with zero attached hydrogens (tertiary/aromatic N) is 2. The van der Waals surface area contributed by atoms with E-state index in [0.717, 1.165) is 6.07 Å². The van der Waals surface area contributed by atoms with Crippen molar-refractivity contribution in [1.29, 1.82) is 0 Å². The molecule has 0 spiro atoms.